The molecular weight excluding hydrogens is 232 g/mol. The van der Waals surface area contributed by atoms with E-state index in [9.17, 15) is 9.59 Å². The van der Waals surface area contributed by atoms with Crippen LogP contribution in [-0.4, -0.2) is 55.0 Å². The minimum Gasteiger partial charge on any atom is -0.352 e. The first-order valence-corrected chi connectivity index (χ1v) is 6.67. The highest BCUT2D eigenvalue weighted by Crippen LogP contribution is 2.18. The van der Waals surface area contributed by atoms with E-state index in [1.165, 1.54) is 0 Å². The van der Waals surface area contributed by atoms with E-state index < -0.39 is 0 Å². The quantitative estimate of drug-likeness (QED) is 0.575. The first kappa shape index (κ1) is 13.3. The SMILES string of the molecule is NC1CCN(CC(=O)NCC(=O)NC2CC2)CC1. The monoisotopic (exact) mass is 254 g/mol. The number of nitrogens with one attached hydrogen (secondary N) is 2. The molecule has 0 spiro atoms. The van der Waals surface area contributed by atoms with Crippen LogP contribution in [0.2, 0.25) is 0 Å². The van der Waals surface area contributed by atoms with Gasteiger partial charge in [0, 0.05) is 25.2 Å². The van der Waals surface area contributed by atoms with Gasteiger partial charge in [-0.2, -0.15) is 0 Å². The standard InChI is InChI=1S/C12H22N4O2/c13-9-3-5-16(6-4-9)8-12(18)14-7-11(17)15-10-1-2-10/h9-10H,1-8,13H2,(H,14,18)(H,15,17). The molecule has 2 fully saturated rings. The van der Waals surface area contributed by atoms with Crippen LogP contribution in [0.3, 0.4) is 0 Å². The number of rotatable bonds is 5. The molecule has 102 valence electrons. The van der Waals surface area contributed by atoms with Crippen LogP contribution in [0.4, 0.5) is 0 Å². The van der Waals surface area contributed by atoms with E-state index >= 15 is 0 Å². The molecule has 0 aromatic rings. The van der Waals surface area contributed by atoms with Crippen molar-refractivity contribution in [1.29, 1.82) is 0 Å². The molecule has 0 unspecified atom stereocenters. The van der Waals surface area contributed by atoms with Crippen molar-refractivity contribution >= 4 is 11.8 Å². The van der Waals surface area contributed by atoms with Gasteiger partial charge >= 0.3 is 0 Å². The Bertz CT molecular complexity index is 309. The third-order valence-corrected chi connectivity index (χ3v) is 3.39. The van der Waals surface area contributed by atoms with Crippen LogP contribution < -0.4 is 16.4 Å². The Kier molecular flexibility index (Phi) is 4.54. The molecule has 1 saturated heterocycles. The van der Waals surface area contributed by atoms with Crippen LogP contribution in [0.1, 0.15) is 25.7 Å². The van der Waals surface area contributed by atoms with E-state index in [-0.39, 0.29) is 24.4 Å². The minimum absolute atomic E-state index is 0.0860. The van der Waals surface area contributed by atoms with Crippen molar-refractivity contribution in [1.82, 2.24) is 15.5 Å². The number of amides is 2. The lowest BCUT2D eigenvalue weighted by Gasteiger charge is -2.29. The molecule has 6 heteroatoms. The lowest BCUT2D eigenvalue weighted by Crippen LogP contribution is -2.46. The second-order valence-electron chi connectivity index (χ2n) is 5.23. The predicted octanol–water partition coefficient (Wildman–Crippen LogP) is -1.20. The van der Waals surface area contributed by atoms with Crippen LogP contribution in [-0.2, 0) is 9.59 Å². The van der Waals surface area contributed by atoms with Gasteiger partial charge in [0.25, 0.3) is 0 Å². The lowest BCUT2D eigenvalue weighted by molar-refractivity contribution is -0.127. The number of likely N-dealkylation sites (tertiary alicyclic amines) is 1. The number of hydrogen-bond acceptors (Lipinski definition) is 4. The Morgan fingerprint density at radius 2 is 1.78 bits per heavy atom. The number of carbonyl (C=O) groups is 2. The normalized spacial score (nSPS) is 21.6. The van der Waals surface area contributed by atoms with Crippen LogP contribution in [0.15, 0.2) is 0 Å². The summed E-state index contributed by atoms with van der Waals surface area (Å²) in [6.45, 7) is 2.18. The van der Waals surface area contributed by atoms with E-state index in [4.69, 9.17) is 5.73 Å². The molecule has 6 nitrogen and oxygen atoms in total. The summed E-state index contributed by atoms with van der Waals surface area (Å²) in [5, 5.41) is 5.49. The first-order valence-electron chi connectivity index (χ1n) is 6.67. The number of piperidine rings is 1. The van der Waals surface area contributed by atoms with Gasteiger partial charge in [-0.15, -0.1) is 0 Å². The molecule has 1 heterocycles. The molecular formula is C12H22N4O2. The van der Waals surface area contributed by atoms with Gasteiger partial charge in [0.05, 0.1) is 13.1 Å². The molecule has 0 radical (unpaired) electrons. The summed E-state index contributed by atoms with van der Waals surface area (Å²) >= 11 is 0. The summed E-state index contributed by atoms with van der Waals surface area (Å²) in [7, 11) is 0. The zero-order valence-corrected chi connectivity index (χ0v) is 10.7. The van der Waals surface area contributed by atoms with Crippen molar-refractivity contribution in [3.63, 3.8) is 0 Å². The molecule has 2 amide bonds. The van der Waals surface area contributed by atoms with Crippen molar-refractivity contribution < 1.29 is 9.59 Å². The molecule has 18 heavy (non-hydrogen) atoms. The number of nitrogens with two attached hydrogens (primary N) is 1. The summed E-state index contributed by atoms with van der Waals surface area (Å²) in [6, 6.07) is 0.617. The van der Waals surface area contributed by atoms with Crippen molar-refractivity contribution in [2.24, 2.45) is 5.73 Å². The Balaban J connectivity index is 1.58. The molecule has 0 atom stereocenters. The molecule has 1 aliphatic heterocycles. The summed E-state index contributed by atoms with van der Waals surface area (Å²) < 4.78 is 0. The van der Waals surface area contributed by atoms with Crippen LogP contribution >= 0.6 is 0 Å². The van der Waals surface area contributed by atoms with Crippen LogP contribution in [0.25, 0.3) is 0 Å². The molecule has 2 rings (SSSR count). The van der Waals surface area contributed by atoms with Gasteiger partial charge in [0.1, 0.15) is 0 Å². The third kappa shape index (κ3) is 4.62. The maximum atomic E-state index is 11.6. The zero-order valence-electron chi connectivity index (χ0n) is 10.7. The topological polar surface area (TPSA) is 87.5 Å². The fourth-order valence-electron chi connectivity index (χ4n) is 2.06. The molecule has 0 aromatic heterocycles. The fourth-order valence-corrected chi connectivity index (χ4v) is 2.06. The van der Waals surface area contributed by atoms with E-state index in [0.29, 0.717) is 12.6 Å². The van der Waals surface area contributed by atoms with E-state index in [0.717, 1.165) is 38.8 Å². The maximum Gasteiger partial charge on any atom is 0.239 e. The Labute approximate surface area is 107 Å². The highest BCUT2D eigenvalue weighted by Gasteiger charge is 2.23. The van der Waals surface area contributed by atoms with Gasteiger partial charge in [-0.05, 0) is 25.7 Å². The lowest BCUT2D eigenvalue weighted by atomic mass is 10.1. The van der Waals surface area contributed by atoms with Crippen molar-refractivity contribution in [3.05, 3.63) is 0 Å². The van der Waals surface area contributed by atoms with Gasteiger partial charge < -0.3 is 16.4 Å². The zero-order chi connectivity index (χ0) is 13.0. The van der Waals surface area contributed by atoms with Gasteiger partial charge in [-0.3, -0.25) is 14.5 Å². The average Bonchev–Trinajstić information content (AvgIpc) is 3.13. The number of carbonyl (C=O) groups excluding carboxylic acids is 2. The van der Waals surface area contributed by atoms with Crippen LogP contribution in [0.5, 0.6) is 0 Å². The number of nitrogens with zero attached hydrogens (tertiary/aromatic N) is 1. The summed E-state index contributed by atoms with van der Waals surface area (Å²) in [4.78, 5) is 25.1. The smallest absolute Gasteiger partial charge is 0.239 e. The highest BCUT2D eigenvalue weighted by atomic mass is 16.2. The van der Waals surface area contributed by atoms with Crippen LogP contribution in [0, 0.1) is 0 Å². The molecule has 0 aromatic carbocycles. The Morgan fingerprint density at radius 3 is 2.39 bits per heavy atom. The maximum absolute atomic E-state index is 11.6. The van der Waals surface area contributed by atoms with Gasteiger partial charge in [-0.25, -0.2) is 0 Å². The second kappa shape index (κ2) is 6.15. The Morgan fingerprint density at radius 1 is 1.11 bits per heavy atom. The average molecular weight is 254 g/mol. The van der Waals surface area contributed by atoms with Crippen molar-refractivity contribution in [3.8, 4) is 0 Å². The summed E-state index contributed by atoms with van der Waals surface area (Å²) in [6.07, 6.45) is 4.01. The second-order valence-corrected chi connectivity index (χ2v) is 5.23. The number of hydrogen-bond donors (Lipinski definition) is 3. The summed E-state index contributed by atoms with van der Waals surface area (Å²) in [5.41, 5.74) is 5.80. The molecule has 2 aliphatic rings. The van der Waals surface area contributed by atoms with E-state index in [2.05, 4.69) is 15.5 Å². The third-order valence-electron chi connectivity index (χ3n) is 3.39. The van der Waals surface area contributed by atoms with Gasteiger partial charge in [0.2, 0.25) is 11.8 Å². The summed E-state index contributed by atoms with van der Waals surface area (Å²) in [5.74, 6) is -0.178. The van der Waals surface area contributed by atoms with E-state index in [1.54, 1.807) is 0 Å². The highest BCUT2D eigenvalue weighted by molar-refractivity contribution is 5.85. The van der Waals surface area contributed by atoms with Gasteiger partial charge in [0.15, 0.2) is 0 Å². The van der Waals surface area contributed by atoms with Gasteiger partial charge in [-0.1, -0.05) is 0 Å². The van der Waals surface area contributed by atoms with Crippen molar-refractivity contribution in [2.75, 3.05) is 26.2 Å². The fraction of sp³-hybridized carbons (Fsp3) is 0.833. The molecule has 4 N–H and O–H groups in total. The minimum atomic E-state index is -0.0912. The Hall–Kier alpha value is -1.14. The first-order chi connectivity index (χ1) is 8.63. The molecule has 0 bridgehead atoms. The predicted molar refractivity (Wildman–Crippen MR) is 67.8 cm³/mol. The largest absolute Gasteiger partial charge is 0.352 e. The molecule has 1 aliphatic carbocycles. The molecule has 1 saturated carbocycles. The van der Waals surface area contributed by atoms with E-state index in [1.807, 2.05) is 0 Å². The van der Waals surface area contributed by atoms with Crippen molar-refractivity contribution in [2.45, 2.75) is 37.8 Å².